The zero-order chi connectivity index (χ0) is 17.8. The van der Waals surface area contributed by atoms with Gasteiger partial charge in [0.05, 0.1) is 11.9 Å². The van der Waals surface area contributed by atoms with Crippen LogP contribution in [0.2, 0.25) is 0 Å². The van der Waals surface area contributed by atoms with Gasteiger partial charge in [-0.2, -0.15) is 5.10 Å². The van der Waals surface area contributed by atoms with Gasteiger partial charge in [0.2, 0.25) is 0 Å². The van der Waals surface area contributed by atoms with Crippen LogP contribution in [0.15, 0.2) is 34.5 Å². The second-order valence-electron chi connectivity index (χ2n) is 5.50. The Morgan fingerprint density at radius 3 is 2.60 bits per heavy atom. The van der Waals surface area contributed by atoms with E-state index in [1.54, 1.807) is 6.20 Å². The second-order valence-corrected chi connectivity index (χ2v) is 6.27. The first-order chi connectivity index (χ1) is 12.1. The van der Waals surface area contributed by atoms with E-state index in [-0.39, 0.29) is 0 Å². The standard InChI is InChI=1S/C15H18F2N6OS/c1-25-15-18-3-2-13(20-15)22-6-4-21(5-7-22)11-8-14(24)23(19-9-11)10-12(16)17/h2-3,8-9,12H,4-7,10H2,1H3. The first kappa shape index (κ1) is 17.6. The number of aromatic nitrogens is 4. The van der Waals surface area contributed by atoms with Crippen LogP contribution in [0.1, 0.15) is 0 Å². The number of halogens is 2. The second kappa shape index (κ2) is 7.77. The van der Waals surface area contributed by atoms with Gasteiger partial charge in [-0.25, -0.2) is 23.4 Å². The minimum atomic E-state index is -2.60. The summed E-state index contributed by atoms with van der Waals surface area (Å²) < 4.78 is 25.6. The summed E-state index contributed by atoms with van der Waals surface area (Å²) in [5.41, 5.74) is 0.142. The van der Waals surface area contributed by atoms with E-state index in [4.69, 9.17) is 0 Å². The van der Waals surface area contributed by atoms with E-state index in [1.807, 2.05) is 17.2 Å². The van der Waals surface area contributed by atoms with Crippen LogP contribution in [0.3, 0.4) is 0 Å². The van der Waals surface area contributed by atoms with Crippen LogP contribution in [-0.2, 0) is 6.54 Å². The molecular formula is C15H18F2N6OS. The summed E-state index contributed by atoms with van der Waals surface area (Å²) in [4.78, 5) is 24.7. The summed E-state index contributed by atoms with van der Waals surface area (Å²) in [6, 6.07) is 3.24. The van der Waals surface area contributed by atoms with Gasteiger partial charge in [-0.3, -0.25) is 4.79 Å². The highest BCUT2D eigenvalue weighted by Crippen LogP contribution is 2.19. The predicted octanol–water partition coefficient (Wildman–Crippen LogP) is 1.35. The van der Waals surface area contributed by atoms with E-state index in [1.165, 1.54) is 24.0 Å². The van der Waals surface area contributed by atoms with Crippen LogP contribution < -0.4 is 15.4 Å². The van der Waals surface area contributed by atoms with Crippen molar-refractivity contribution in [3.8, 4) is 0 Å². The third kappa shape index (κ3) is 4.25. The molecule has 0 radical (unpaired) electrons. The largest absolute Gasteiger partial charge is 0.367 e. The van der Waals surface area contributed by atoms with Crippen molar-refractivity contribution in [1.29, 1.82) is 0 Å². The summed E-state index contributed by atoms with van der Waals surface area (Å²) in [5.74, 6) is 0.879. The van der Waals surface area contributed by atoms with Crippen LogP contribution in [-0.4, -0.2) is 58.6 Å². The topological polar surface area (TPSA) is 67.2 Å². The molecule has 134 valence electrons. The molecule has 0 saturated carbocycles. The zero-order valence-corrected chi connectivity index (χ0v) is 14.5. The molecular weight excluding hydrogens is 350 g/mol. The first-order valence-corrected chi connectivity index (χ1v) is 9.01. The molecule has 0 aliphatic carbocycles. The van der Waals surface area contributed by atoms with Gasteiger partial charge in [-0.15, -0.1) is 0 Å². The maximum atomic E-state index is 12.4. The Kier molecular flexibility index (Phi) is 5.47. The van der Waals surface area contributed by atoms with Gasteiger partial charge in [-0.1, -0.05) is 11.8 Å². The highest BCUT2D eigenvalue weighted by atomic mass is 32.2. The molecule has 0 atom stereocenters. The Morgan fingerprint density at radius 2 is 1.96 bits per heavy atom. The Labute approximate surface area is 147 Å². The van der Waals surface area contributed by atoms with Crippen molar-refractivity contribution in [3.05, 3.63) is 34.9 Å². The van der Waals surface area contributed by atoms with Crippen molar-refractivity contribution in [1.82, 2.24) is 19.7 Å². The average Bonchev–Trinajstić information content (AvgIpc) is 2.63. The minimum absolute atomic E-state index is 0.513. The van der Waals surface area contributed by atoms with Gasteiger partial charge >= 0.3 is 0 Å². The molecule has 3 heterocycles. The lowest BCUT2D eigenvalue weighted by Gasteiger charge is -2.36. The SMILES string of the molecule is CSc1nccc(N2CCN(c3cnn(CC(F)F)c(=O)c3)CC2)n1. The van der Waals surface area contributed by atoms with Crippen molar-refractivity contribution in [3.63, 3.8) is 0 Å². The number of alkyl halides is 2. The predicted molar refractivity (Wildman–Crippen MR) is 92.7 cm³/mol. The van der Waals surface area contributed by atoms with E-state index >= 15 is 0 Å². The number of rotatable bonds is 5. The zero-order valence-electron chi connectivity index (χ0n) is 13.7. The summed E-state index contributed by atoms with van der Waals surface area (Å²) in [6.07, 6.45) is 2.54. The van der Waals surface area contributed by atoms with Gasteiger partial charge in [0.1, 0.15) is 12.4 Å². The van der Waals surface area contributed by atoms with Gasteiger partial charge in [-0.05, 0) is 12.3 Å². The molecule has 0 spiro atoms. The lowest BCUT2D eigenvalue weighted by molar-refractivity contribution is 0.119. The first-order valence-electron chi connectivity index (χ1n) is 7.79. The molecule has 2 aromatic heterocycles. The van der Waals surface area contributed by atoms with Gasteiger partial charge < -0.3 is 9.80 Å². The third-order valence-electron chi connectivity index (χ3n) is 3.94. The summed E-state index contributed by atoms with van der Waals surface area (Å²) >= 11 is 1.49. The molecule has 1 aliphatic heterocycles. The number of hydrogen-bond donors (Lipinski definition) is 0. The highest BCUT2D eigenvalue weighted by molar-refractivity contribution is 7.98. The molecule has 1 saturated heterocycles. The summed E-state index contributed by atoms with van der Waals surface area (Å²) in [5, 5.41) is 4.57. The van der Waals surface area contributed by atoms with Crippen molar-refractivity contribution in [2.45, 2.75) is 18.1 Å². The third-order valence-corrected chi connectivity index (χ3v) is 4.50. The fourth-order valence-corrected chi connectivity index (χ4v) is 3.02. The molecule has 0 unspecified atom stereocenters. The van der Waals surface area contributed by atoms with E-state index < -0.39 is 18.5 Å². The number of thioether (sulfide) groups is 1. The Bertz CT molecular complexity index is 779. The van der Waals surface area contributed by atoms with Gasteiger partial charge in [0, 0.05) is 38.4 Å². The maximum absolute atomic E-state index is 12.4. The van der Waals surface area contributed by atoms with E-state index in [0.717, 1.165) is 28.7 Å². The van der Waals surface area contributed by atoms with Crippen molar-refractivity contribution < 1.29 is 8.78 Å². The van der Waals surface area contributed by atoms with Crippen LogP contribution in [0, 0.1) is 0 Å². The molecule has 0 N–H and O–H groups in total. The van der Waals surface area contributed by atoms with Gasteiger partial charge in [0.15, 0.2) is 5.16 Å². The van der Waals surface area contributed by atoms with Crippen molar-refractivity contribution >= 4 is 23.3 Å². The number of hydrogen-bond acceptors (Lipinski definition) is 7. The minimum Gasteiger partial charge on any atom is -0.367 e. The molecule has 0 bridgehead atoms. The number of anilines is 2. The molecule has 0 aromatic carbocycles. The maximum Gasteiger partial charge on any atom is 0.269 e. The molecule has 3 rings (SSSR count). The smallest absolute Gasteiger partial charge is 0.269 e. The Hall–Kier alpha value is -2.23. The van der Waals surface area contributed by atoms with Crippen molar-refractivity contribution in [2.24, 2.45) is 0 Å². The molecule has 0 amide bonds. The molecule has 1 aliphatic rings. The fraction of sp³-hybridized carbons (Fsp3) is 0.467. The molecule has 25 heavy (non-hydrogen) atoms. The number of piperazine rings is 1. The molecule has 2 aromatic rings. The lowest BCUT2D eigenvalue weighted by atomic mass is 10.3. The average molecular weight is 368 g/mol. The number of nitrogens with zero attached hydrogens (tertiary/aromatic N) is 6. The molecule has 10 heteroatoms. The Balaban J connectivity index is 1.66. The van der Waals surface area contributed by atoms with Crippen LogP contribution in [0.25, 0.3) is 0 Å². The fourth-order valence-electron chi connectivity index (χ4n) is 2.66. The van der Waals surface area contributed by atoms with E-state index in [9.17, 15) is 13.6 Å². The monoisotopic (exact) mass is 368 g/mol. The molecule has 7 nitrogen and oxygen atoms in total. The highest BCUT2D eigenvalue weighted by Gasteiger charge is 2.20. The molecule has 1 fully saturated rings. The van der Waals surface area contributed by atoms with Crippen molar-refractivity contribution in [2.75, 3.05) is 42.2 Å². The quantitative estimate of drug-likeness (QED) is 0.583. The van der Waals surface area contributed by atoms with Crippen LogP contribution >= 0.6 is 11.8 Å². The Morgan fingerprint density at radius 1 is 1.24 bits per heavy atom. The normalized spacial score (nSPS) is 15.0. The summed E-state index contributed by atoms with van der Waals surface area (Å²) in [6.45, 7) is 2.19. The summed E-state index contributed by atoms with van der Waals surface area (Å²) in [7, 11) is 0. The van der Waals surface area contributed by atoms with Gasteiger partial charge in [0.25, 0.3) is 12.0 Å². The lowest BCUT2D eigenvalue weighted by Crippen LogP contribution is -2.47. The van der Waals surface area contributed by atoms with E-state index in [0.29, 0.717) is 18.8 Å². The van der Waals surface area contributed by atoms with E-state index in [2.05, 4.69) is 20.0 Å². The van der Waals surface area contributed by atoms with Crippen LogP contribution in [0.4, 0.5) is 20.3 Å². The van der Waals surface area contributed by atoms with Crippen LogP contribution in [0.5, 0.6) is 0 Å².